The maximum absolute atomic E-state index is 13.0. The monoisotopic (exact) mass is 417 g/mol. The van der Waals surface area contributed by atoms with Crippen LogP contribution < -0.4 is 9.46 Å². The van der Waals surface area contributed by atoms with Gasteiger partial charge in [0.1, 0.15) is 10.6 Å². The quantitative estimate of drug-likeness (QED) is 0.636. The molecule has 146 valence electrons. The molecule has 0 aliphatic rings. The third kappa shape index (κ3) is 4.52. The van der Waals surface area contributed by atoms with Crippen molar-refractivity contribution in [2.75, 3.05) is 11.8 Å². The van der Waals surface area contributed by atoms with Crippen molar-refractivity contribution < 1.29 is 21.6 Å². The van der Waals surface area contributed by atoms with Gasteiger partial charge in [-0.25, -0.2) is 16.8 Å². The summed E-state index contributed by atoms with van der Waals surface area (Å²) in [7, 11) is -6.24. The molecule has 1 N–H and O–H groups in total. The molecule has 8 heteroatoms. The largest absolute Gasteiger partial charge is 0.495 e. The number of methoxy groups -OCH3 is 1. The van der Waals surface area contributed by atoms with E-state index in [2.05, 4.69) is 4.72 Å². The minimum atomic E-state index is -3.88. The lowest BCUT2D eigenvalue weighted by Crippen LogP contribution is -2.15. The first-order chi connectivity index (χ1) is 13.3. The molecule has 3 aromatic carbocycles. The van der Waals surface area contributed by atoms with Crippen LogP contribution in [0.25, 0.3) is 0 Å². The highest BCUT2D eigenvalue weighted by atomic mass is 32.2. The molecule has 0 amide bonds. The molecular formula is C20H19NO5S2. The van der Waals surface area contributed by atoms with Crippen molar-refractivity contribution in [3.05, 3.63) is 84.4 Å². The number of sulfonamides is 1. The van der Waals surface area contributed by atoms with Gasteiger partial charge in [0.2, 0.25) is 19.9 Å². The average Bonchev–Trinajstić information content (AvgIpc) is 2.68. The Bertz CT molecular complexity index is 1160. The average molecular weight is 418 g/mol. The number of sulfone groups is 1. The Kier molecular flexibility index (Phi) is 5.71. The molecule has 0 saturated carbocycles. The van der Waals surface area contributed by atoms with Gasteiger partial charge < -0.3 is 4.74 Å². The SMILES string of the molecule is COc1ccc(NS(=O)(=O)Cc2ccccc2)cc1S(=O)(=O)c1ccccc1. The van der Waals surface area contributed by atoms with Crippen molar-refractivity contribution >= 4 is 25.5 Å². The molecule has 0 bridgehead atoms. The highest BCUT2D eigenvalue weighted by Gasteiger charge is 2.23. The van der Waals surface area contributed by atoms with Crippen LogP contribution >= 0.6 is 0 Å². The molecule has 0 radical (unpaired) electrons. The van der Waals surface area contributed by atoms with E-state index in [-0.39, 0.29) is 27.0 Å². The molecule has 3 rings (SSSR count). The molecule has 0 saturated heterocycles. The summed E-state index contributed by atoms with van der Waals surface area (Å²) in [5.41, 5.74) is 0.770. The van der Waals surface area contributed by atoms with Crippen LogP contribution in [-0.2, 0) is 25.6 Å². The minimum absolute atomic E-state index is 0.0950. The molecule has 0 atom stereocenters. The van der Waals surface area contributed by atoms with Crippen molar-refractivity contribution in [3.8, 4) is 5.75 Å². The smallest absolute Gasteiger partial charge is 0.236 e. The molecule has 0 aromatic heterocycles. The van der Waals surface area contributed by atoms with Gasteiger partial charge >= 0.3 is 0 Å². The number of hydrogen-bond acceptors (Lipinski definition) is 5. The van der Waals surface area contributed by atoms with E-state index < -0.39 is 19.9 Å². The maximum atomic E-state index is 13.0. The highest BCUT2D eigenvalue weighted by Crippen LogP contribution is 2.32. The lowest BCUT2D eigenvalue weighted by Gasteiger charge is -2.13. The van der Waals surface area contributed by atoms with E-state index in [9.17, 15) is 16.8 Å². The second kappa shape index (κ2) is 8.04. The van der Waals surface area contributed by atoms with Crippen LogP contribution in [0.4, 0.5) is 5.69 Å². The van der Waals surface area contributed by atoms with Crippen LogP contribution in [0.1, 0.15) is 5.56 Å². The van der Waals surface area contributed by atoms with Gasteiger partial charge in [-0.2, -0.15) is 0 Å². The molecule has 0 unspecified atom stereocenters. The summed E-state index contributed by atoms with van der Waals surface area (Å²) in [5.74, 6) is -0.0875. The molecule has 0 aliphatic heterocycles. The number of ether oxygens (including phenoxy) is 1. The Labute approximate surface area is 164 Å². The van der Waals surface area contributed by atoms with Gasteiger partial charge in [-0.15, -0.1) is 0 Å². The fourth-order valence-corrected chi connectivity index (χ4v) is 5.34. The van der Waals surface area contributed by atoms with Gasteiger partial charge in [0, 0.05) is 0 Å². The summed E-state index contributed by atoms with van der Waals surface area (Å²) >= 11 is 0. The Balaban J connectivity index is 1.95. The number of rotatable bonds is 7. The van der Waals surface area contributed by atoms with E-state index in [1.807, 2.05) is 0 Å². The summed E-state index contributed by atoms with van der Waals surface area (Å²) in [6, 6.07) is 20.8. The van der Waals surface area contributed by atoms with Gasteiger partial charge in [0.15, 0.2) is 0 Å². The Morgan fingerprint density at radius 2 is 1.43 bits per heavy atom. The zero-order valence-corrected chi connectivity index (χ0v) is 16.7. The molecule has 0 heterocycles. The summed E-state index contributed by atoms with van der Waals surface area (Å²) in [6.07, 6.45) is 0. The standard InChI is InChI=1S/C20H19NO5S2/c1-26-19-13-12-17(21-27(22,23)15-16-8-4-2-5-9-16)14-20(19)28(24,25)18-10-6-3-7-11-18/h2-14,21H,15H2,1H3. The van der Waals surface area contributed by atoms with Gasteiger partial charge in [0.05, 0.1) is 23.4 Å². The second-order valence-electron chi connectivity index (χ2n) is 6.03. The van der Waals surface area contributed by atoms with Crippen molar-refractivity contribution in [2.24, 2.45) is 0 Å². The fraction of sp³-hybridized carbons (Fsp3) is 0.100. The summed E-state index contributed by atoms with van der Waals surface area (Å²) in [4.78, 5) is -0.0151. The van der Waals surface area contributed by atoms with Crippen LogP contribution in [0.3, 0.4) is 0 Å². The third-order valence-electron chi connectivity index (χ3n) is 3.98. The summed E-state index contributed by atoms with van der Waals surface area (Å²) < 4.78 is 58.5. The van der Waals surface area contributed by atoms with E-state index in [1.165, 1.54) is 37.4 Å². The molecule has 28 heavy (non-hydrogen) atoms. The van der Waals surface area contributed by atoms with E-state index in [1.54, 1.807) is 48.5 Å². The first-order valence-electron chi connectivity index (χ1n) is 8.34. The van der Waals surface area contributed by atoms with Crippen molar-refractivity contribution in [2.45, 2.75) is 15.5 Å². The summed E-state index contributed by atoms with van der Waals surface area (Å²) in [5, 5.41) is 0. The van der Waals surface area contributed by atoms with Crippen LogP contribution in [0.2, 0.25) is 0 Å². The Morgan fingerprint density at radius 1 is 0.821 bits per heavy atom. The number of benzene rings is 3. The predicted molar refractivity (Wildman–Crippen MR) is 108 cm³/mol. The van der Waals surface area contributed by atoms with Crippen LogP contribution in [0, 0.1) is 0 Å². The van der Waals surface area contributed by atoms with Crippen LogP contribution in [0.5, 0.6) is 5.75 Å². The first kappa shape index (κ1) is 19.9. The molecule has 6 nitrogen and oxygen atoms in total. The summed E-state index contributed by atoms with van der Waals surface area (Å²) in [6.45, 7) is 0. The van der Waals surface area contributed by atoms with Crippen molar-refractivity contribution in [1.29, 1.82) is 0 Å². The molecular weight excluding hydrogens is 398 g/mol. The van der Waals surface area contributed by atoms with E-state index in [4.69, 9.17) is 4.74 Å². The van der Waals surface area contributed by atoms with Crippen molar-refractivity contribution in [3.63, 3.8) is 0 Å². The normalized spacial score (nSPS) is 11.8. The fourth-order valence-electron chi connectivity index (χ4n) is 2.69. The van der Waals surface area contributed by atoms with Crippen LogP contribution in [-0.4, -0.2) is 23.9 Å². The van der Waals surface area contributed by atoms with Crippen molar-refractivity contribution in [1.82, 2.24) is 0 Å². The van der Waals surface area contributed by atoms with Crippen LogP contribution in [0.15, 0.2) is 88.7 Å². The maximum Gasteiger partial charge on any atom is 0.236 e. The topological polar surface area (TPSA) is 89.5 Å². The zero-order chi connectivity index (χ0) is 20.2. The molecule has 0 aliphatic carbocycles. The molecule has 0 fully saturated rings. The van der Waals surface area contributed by atoms with E-state index in [0.29, 0.717) is 5.56 Å². The van der Waals surface area contributed by atoms with Gasteiger partial charge in [-0.1, -0.05) is 48.5 Å². The number of anilines is 1. The lowest BCUT2D eigenvalue weighted by molar-refractivity contribution is 0.403. The van der Waals surface area contributed by atoms with E-state index >= 15 is 0 Å². The van der Waals surface area contributed by atoms with E-state index in [0.717, 1.165) is 0 Å². The molecule has 3 aromatic rings. The van der Waals surface area contributed by atoms with Gasteiger partial charge in [-0.3, -0.25) is 4.72 Å². The number of hydrogen-bond donors (Lipinski definition) is 1. The predicted octanol–water partition coefficient (Wildman–Crippen LogP) is 3.47. The van der Waals surface area contributed by atoms with Gasteiger partial charge in [0.25, 0.3) is 0 Å². The lowest BCUT2D eigenvalue weighted by atomic mass is 10.2. The Hall–Kier alpha value is -2.84. The Morgan fingerprint density at radius 3 is 2.04 bits per heavy atom. The minimum Gasteiger partial charge on any atom is -0.495 e. The second-order valence-corrected chi connectivity index (χ2v) is 9.67. The van der Waals surface area contributed by atoms with Gasteiger partial charge in [-0.05, 0) is 35.9 Å². The number of nitrogens with one attached hydrogen (secondary N) is 1. The third-order valence-corrected chi connectivity index (χ3v) is 7.03. The zero-order valence-electron chi connectivity index (χ0n) is 15.1. The first-order valence-corrected chi connectivity index (χ1v) is 11.5. The highest BCUT2D eigenvalue weighted by molar-refractivity contribution is 7.92. The molecule has 0 spiro atoms.